The number of hydrogen-bond acceptors (Lipinski definition) is 3. The minimum atomic E-state index is 0.0932. The maximum Gasteiger partial charge on any atom is 0.230 e. The van der Waals surface area contributed by atoms with Crippen molar-refractivity contribution >= 4 is 23.4 Å². The van der Waals surface area contributed by atoms with Crippen LogP contribution in [0.15, 0.2) is 91.2 Å². The molecular weight excluding hydrogens is 492 g/mol. The number of rotatable bonds is 9. The Labute approximate surface area is 242 Å². The second-order valence-corrected chi connectivity index (χ2v) is 10.7. The third-order valence-electron chi connectivity index (χ3n) is 7.14. The van der Waals surface area contributed by atoms with Gasteiger partial charge >= 0.3 is 0 Å². The number of anilines is 2. The quantitative estimate of drug-likeness (QED) is 0.201. The molecule has 0 radical (unpaired) electrons. The van der Waals surface area contributed by atoms with E-state index in [1.54, 1.807) is 7.11 Å². The highest BCUT2D eigenvalue weighted by molar-refractivity contribution is 5.95. The molecule has 0 atom stereocenters. The highest BCUT2D eigenvalue weighted by Crippen LogP contribution is 2.30. The van der Waals surface area contributed by atoms with Crippen molar-refractivity contribution < 1.29 is 9.53 Å². The smallest absolute Gasteiger partial charge is 0.230 e. The average molecular weight is 539 g/mol. The van der Waals surface area contributed by atoms with Gasteiger partial charge in [0.1, 0.15) is 5.76 Å². The molecule has 0 spiro atoms. The minimum absolute atomic E-state index is 0.0932. The van der Waals surface area contributed by atoms with Gasteiger partial charge in [0.25, 0.3) is 0 Å². The predicted octanol–water partition coefficient (Wildman–Crippen LogP) is 9.12. The number of carbonyl (C=O) groups is 1. The zero-order valence-electron chi connectivity index (χ0n) is 25.0. The molecule has 212 valence electrons. The molecule has 3 aromatic carbocycles. The Bertz CT molecular complexity index is 1240. The summed E-state index contributed by atoms with van der Waals surface area (Å²) in [6.45, 7) is 8.65. The van der Waals surface area contributed by atoms with Gasteiger partial charge in [0, 0.05) is 31.4 Å². The van der Waals surface area contributed by atoms with Crippen LogP contribution in [0.4, 0.5) is 11.4 Å². The summed E-state index contributed by atoms with van der Waals surface area (Å²) in [5.74, 6) is 0.915. The van der Waals surface area contributed by atoms with Crippen LogP contribution in [0.2, 0.25) is 0 Å². The zero-order chi connectivity index (χ0) is 28.9. The fourth-order valence-electron chi connectivity index (χ4n) is 4.86. The molecular formula is C36H46N2O2. The lowest BCUT2D eigenvalue weighted by Gasteiger charge is -2.30. The summed E-state index contributed by atoms with van der Waals surface area (Å²) in [5.41, 5.74) is 6.58. The summed E-state index contributed by atoms with van der Waals surface area (Å²) in [5, 5.41) is 0. The molecule has 0 aliphatic heterocycles. The highest BCUT2D eigenvalue weighted by atomic mass is 16.5. The third-order valence-corrected chi connectivity index (χ3v) is 7.14. The Morgan fingerprint density at radius 3 is 2.08 bits per heavy atom. The van der Waals surface area contributed by atoms with Crippen LogP contribution in [0.3, 0.4) is 0 Å². The molecule has 0 unspecified atom stereocenters. The van der Waals surface area contributed by atoms with Crippen molar-refractivity contribution in [3.05, 3.63) is 102 Å². The van der Waals surface area contributed by atoms with E-state index in [4.69, 9.17) is 4.74 Å². The standard InChI is InChI=1S/C33H38N2O2.C3H8/c1-25(37-4)13-14-26-9-8-12-32(23-26)35(33(36)30-10-6-5-7-11-30)24-27-15-17-28(18-16-27)29-19-21-31(22-20-29)34(2)3;1-3-2/h8-9,12-23,30H,1,5-7,10-11,24H2,2-4H3;3H2,1-2H3/b14-13+;. The van der Waals surface area contributed by atoms with E-state index in [-0.39, 0.29) is 11.8 Å². The van der Waals surface area contributed by atoms with E-state index in [1.807, 2.05) is 49.3 Å². The highest BCUT2D eigenvalue weighted by Gasteiger charge is 2.27. The number of hydrogen-bond donors (Lipinski definition) is 0. The number of ether oxygens (including phenoxy) is 1. The van der Waals surface area contributed by atoms with Crippen LogP contribution >= 0.6 is 0 Å². The van der Waals surface area contributed by atoms with Gasteiger partial charge in [0.05, 0.1) is 13.7 Å². The Balaban J connectivity index is 0.00000141. The van der Waals surface area contributed by atoms with E-state index in [1.165, 1.54) is 29.7 Å². The van der Waals surface area contributed by atoms with Crippen LogP contribution in [-0.4, -0.2) is 27.1 Å². The lowest BCUT2D eigenvalue weighted by Crippen LogP contribution is -2.36. The van der Waals surface area contributed by atoms with E-state index in [0.717, 1.165) is 42.5 Å². The molecule has 4 nitrogen and oxygen atoms in total. The summed E-state index contributed by atoms with van der Waals surface area (Å²) < 4.78 is 5.16. The minimum Gasteiger partial charge on any atom is -0.497 e. The first kappa shape index (κ1) is 30.7. The molecule has 40 heavy (non-hydrogen) atoms. The SMILES string of the molecule is C=C(/C=C/c1cccc(N(Cc2ccc(-c3ccc(N(C)C)cc3)cc2)C(=O)C2CCCCC2)c1)OC.CCC. The Kier molecular flexibility index (Phi) is 12.1. The van der Waals surface area contributed by atoms with Crippen LogP contribution < -0.4 is 9.80 Å². The molecule has 0 heterocycles. The first-order valence-corrected chi connectivity index (χ1v) is 14.5. The van der Waals surface area contributed by atoms with Crippen molar-refractivity contribution in [1.29, 1.82) is 0 Å². The van der Waals surface area contributed by atoms with Crippen molar-refractivity contribution in [2.75, 3.05) is 31.0 Å². The van der Waals surface area contributed by atoms with Crippen molar-refractivity contribution in [3.8, 4) is 11.1 Å². The average Bonchev–Trinajstić information content (AvgIpc) is 2.99. The predicted molar refractivity (Wildman–Crippen MR) is 172 cm³/mol. The number of carbonyl (C=O) groups excluding carboxylic acids is 1. The summed E-state index contributed by atoms with van der Waals surface area (Å²) in [6, 6.07) is 25.3. The van der Waals surface area contributed by atoms with Crippen molar-refractivity contribution in [2.45, 2.75) is 58.9 Å². The lowest BCUT2D eigenvalue weighted by atomic mass is 9.88. The summed E-state index contributed by atoms with van der Waals surface area (Å²) >= 11 is 0. The van der Waals surface area contributed by atoms with Crippen LogP contribution in [0, 0.1) is 5.92 Å². The van der Waals surface area contributed by atoms with Gasteiger partial charge in [0.15, 0.2) is 0 Å². The number of amides is 1. The fraction of sp³-hybridized carbons (Fsp3) is 0.361. The van der Waals surface area contributed by atoms with Crippen LogP contribution in [0.1, 0.15) is 63.5 Å². The Hall–Kier alpha value is -3.79. The van der Waals surface area contributed by atoms with Crippen LogP contribution in [0.5, 0.6) is 0 Å². The Morgan fingerprint density at radius 2 is 1.50 bits per heavy atom. The van der Waals surface area contributed by atoms with E-state index >= 15 is 0 Å². The summed E-state index contributed by atoms with van der Waals surface area (Å²) in [7, 11) is 5.71. The second kappa shape index (κ2) is 15.7. The van der Waals surface area contributed by atoms with Gasteiger partial charge in [-0.2, -0.15) is 0 Å². The topological polar surface area (TPSA) is 32.8 Å². The Morgan fingerprint density at radius 1 is 0.900 bits per heavy atom. The van der Waals surface area contributed by atoms with E-state index in [0.29, 0.717) is 12.3 Å². The van der Waals surface area contributed by atoms with E-state index in [9.17, 15) is 4.79 Å². The normalized spacial score (nSPS) is 13.3. The fourth-order valence-corrected chi connectivity index (χ4v) is 4.86. The van der Waals surface area contributed by atoms with Crippen LogP contribution in [0.25, 0.3) is 17.2 Å². The maximum absolute atomic E-state index is 13.8. The van der Waals surface area contributed by atoms with Crippen molar-refractivity contribution in [1.82, 2.24) is 0 Å². The van der Waals surface area contributed by atoms with Gasteiger partial charge in [-0.15, -0.1) is 0 Å². The summed E-state index contributed by atoms with van der Waals surface area (Å²) in [6.07, 6.45) is 10.5. The van der Waals surface area contributed by atoms with E-state index < -0.39 is 0 Å². The first-order valence-electron chi connectivity index (χ1n) is 14.5. The van der Waals surface area contributed by atoms with Gasteiger partial charge in [-0.25, -0.2) is 0 Å². The molecule has 1 saturated carbocycles. The van der Waals surface area contributed by atoms with Gasteiger partial charge in [-0.1, -0.05) is 101 Å². The molecule has 1 aliphatic carbocycles. The number of nitrogens with zero attached hydrogens (tertiary/aromatic N) is 2. The lowest BCUT2D eigenvalue weighted by molar-refractivity contribution is -0.123. The van der Waals surface area contributed by atoms with Gasteiger partial charge in [0.2, 0.25) is 5.91 Å². The molecule has 0 saturated heterocycles. The zero-order valence-corrected chi connectivity index (χ0v) is 25.0. The first-order chi connectivity index (χ1) is 19.4. The van der Waals surface area contributed by atoms with Gasteiger partial charge in [-0.3, -0.25) is 4.79 Å². The van der Waals surface area contributed by atoms with Crippen molar-refractivity contribution in [3.63, 3.8) is 0 Å². The largest absolute Gasteiger partial charge is 0.497 e. The molecule has 4 rings (SSSR count). The maximum atomic E-state index is 13.8. The summed E-state index contributed by atoms with van der Waals surface area (Å²) in [4.78, 5) is 17.8. The molecule has 0 aromatic heterocycles. The van der Waals surface area contributed by atoms with Gasteiger partial charge < -0.3 is 14.5 Å². The van der Waals surface area contributed by atoms with E-state index in [2.05, 4.69) is 79.9 Å². The third kappa shape index (κ3) is 8.87. The van der Waals surface area contributed by atoms with Crippen molar-refractivity contribution in [2.24, 2.45) is 5.92 Å². The van der Waals surface area contributed by atoms with Gasteiger partial charge in [-0.05, 0) is 65.4 Å². The molecule has 1 amide bonds. The monoisotopic (exact) mass is 538 g/mol. The molecule has 3 aromatic rings. The number of methoxy groups -OCH3 is 1. The molecule has 0 bridgehead atoms. The van der Waals surface area contributed by atoms with Crippen LogP contribution in [-0.2, 0) is 16.1 Å². The molecule has 0 N–H and O–H groups in total. The second-order valence-electron chi connectivity index (χ2n) is 10.7. The molecule has 4 heteroatoms. The molecule has 1 aliphatic rings. The number of benzene rings is 3. The molecule has 1 fully saturated rings. The number of allylic oxidation sites excluding steroid dienone is 1.